The number of rotatable bonds is 7. The molecule has 1 heterocycles. The molecule has 0 atom stereocenters. The van der Waals surface area contributed by atoms with Crippen molar-refractivity contribution in [2.45, 2.75) is 59.2 Å². The first-order valence-corrected chi connectivity index (χ1v) is 12.6. The molecule has 0 aromatic heterocycles. The number of urea groups is 1. The molecule has 38 heavy (non-hydrogen) atoms. The maximum Gasteiger partial charge on any atom is 0.416 e. The highest BCUT2D eigenvalue weighted by molar-refractivity contribution is 6.29. The summed E-state index contributed by atoms with van der Waals surface area (Å²) in [6.45, 7) is 8.78. The van der Waals surface area contributed by atoms with E-state index in [0.29, 0.717) is 49.0 Å². The van der Waals surface area contributed by atoms with E-state index in [2.05, 4.69) is 10.3 Å². The summed E-state index contributed by atoms with van der Waals surface area (Å²) >= 11 is 5.51. The fourth-order valence-corrected chi connectivity index (χ4v) is 3.43. The fourth-order valence-electron chi connectivity index (χ4n) is 3.37. The second kappa shape index (κ2) is 16.0. The zero-order valence-corrected chi connectivity index (χ0v) is 23.2. The summed E-state index contributed by atoms with van der Waals surface area (Å²) < 4.78 is 37.9. The van der Waals surface area contributed by atoms with Crippen LogP contribution in [0.5, 0.6) is 0 Å². The first-order valence-electron chi connectivity index (χ1n) is 12.3. The third-order valence-electron chi connectivity index (χ3n) is 5.55. The Morgan fingerprint density at radius 1 is 1.21 bits per heavy atom. The number of amides is 3. The van der Waals surface area contributed by atoms with Gasteiger partial charge in [-0.3, -0.25) is 14.7 Å². The zero-order valence-electron chi connectivity index (χ0n) is 22.5. The number of nitrogens with one attached hydrogen (secondary N) is 2. The summed E-state index contributed by atoms with van der Waals surface area (Å²) in [5.41, 5.74) is 0.484. The first kappa shape index (κ1) is 32.9. The topological polar surface area (TPSA) is 88.9 Å². The fraction of sp³-hybridized carbons (Fsp3) is 0.481. The molecule has 0 saturated carbocycles. The van der Waals surface area contributed by atoms with E-state index in [-0.39, 0.29) is 18.0 Å². The molecule has 1 aromatic rings. The van der Waals surface area contributed by atoms with E-state index in [4.69, 9.17) is 17.0 Å². The normalized spacial score (nSPS) is 15.3. The third kappa shape index (κ3) is 12.4. The van der Waals surface area contributed by atoms with Gasteiger partial charge in [-0.1, -0.05) is 25.4 Å². The van der Waals surface area contributed by atoms with E-state index >= 15 is 0 Å². The highest BCUT2D eigenvalue weighted by Gasteiger charge is 2.30. The lowest BCUT2D eigenvalue weighted by molar-refractivity contribution is -0.137. The molecule has 0 unspecified atom stereocenters. The van der Waals surface area contributed by atoms with Crippen LogP contribution in [-0.4, -0.2) is 55.4 Å². The summed E-state index contributed by atoms with van der Waals surface area (Å²) in [6, 6.07) is 4.03. The molecule has 0 aliphatic carbocycles. The van der Waals surface area contributed by atoms with Crippen LogP contribution >= 0.6 is 11.6 Å². The van der Waals surface area contributed by atoms with Crippen LogP contribution in [0.3, 0.4) is 0 Å². The summed E-state index contributed by atoms with van der Waals surface area (Å²) in [5.74, 6) is 0.448. The number of nitrogens with zero attached hydrogens (tertiary/aromatic N) is 3. The minimum absolute atomic E-state index is 0.0579. The molecule has 0 spiro atoms. The van der Waals surface area contributed by atoms with Gasteiger partial charge in [-0.25, -0.2) is 4.79 Å². The second-order valence-electron chi connectivity index (χ2n) is 9.38. The third-order valence-corrected chi connectivity index (χ3v) is 5.65. The van der Waals surface area contributed by atoms with Crippen molar-refractivity contribution >= 4 is 41.7 Å². The molecule has 7 nitrogen and oxygen atoms in total. The molecule has 1 aromatic carbocycles. The zero-order chi connectivity index (χ0) is 28.9. The number of allylic oxidation sites excluding steroid dienone is 3. The number of carbonyl (C=O) groups is 2. The van der Waals surface area contributed by atoms with Gasteiger partial charge in [-0.15, -0.1) is 0 Å². The standard InChI is InChI=1S/C19H26F3N3O2.C8H11ClN2/c1-13(2)12-17(26)25-10-8-15(9-11-25)23-18(27)24(3)16-6-4-14(5-7-16)19(20,21)22;1-7(5-10)3-4-11-6-8(2)9/h4-7,13,15H,8-12H2,1-3H3,(H,23,27);3-6,10H,1-2H3/b;7-3+,8-6+,10-5?,11-4-. The first-order chi connectivity index (χ1) is 17.7. The van der Waals surface area contributed by atoms with Crippen LogP contribution in [0, 0.1) is 11.3 Å². The van der Waals surface area contributed by atoms with Crippen LogP contribution in [-0.2, 0) is 11.0 Å². The maximum absolute atomic E-state index is 12.6. The Labute approximate surface area is 227 Å². The van der Waals surface area contributed by atoms with Crippen molar-refractivity contribution in [2.75, 3.05) is 25.0 Å². The highest BCUT2D eigenvalue weighted by atomic mass is 35.5. The smallest absolute Gasteiger partial charge is 0.343 e. The molecule has 1 fully saturated rings. The lowest BCUT2D eigenvalue weighted by Crippen LogP contribution is -2.49. The minimum atomic E-state index is -4.40. The molecule has 0 radical (unpaired) electrons. The van der Waals surface area contributed by atoms with Crippen molar-refractivity contribution in [3.8, 4) is 0 Å². The average molecular weight is 556 g/mol. The van der Waals surface area contributed by atoms with Crippen LogP contribution in [0.4, 0.5) is 23.7 Å². The van der Waals surface area contributed by atoms with Crippen LogP contribution < -0.4 is 10.2 Å². The Kier molecular flexibility index (Phi) is 13.8. The van der Waals surface area contributed by atoms with E-state index in [1.165, 1.54) is 30.3 Å². The predicted octanol–water partition coefficient (Wildman–Crippen LogP) is 6.64. The predicted molar refractivity (Wildman–Crippen MR) is 148 cm³/mol. The van der Waals surface area contributed by atoms with Crippen molar-refractivity contribution in [3.05, 3.63) is 52.7 Å². The van der Waals surface area contributed by atoms with E-state index < -0.39 is 11.7 Å². The number of halogens is 4. The number of benzene rings is 1. The Balaban J connectivity index is 0.000000554. The molecular weight excluding hydrogens is 519 g/mol. The summed E-state index contributed by atoms with van der Waals surface area (Å²) in [7, 11) is 1.51. The Morgan fingerprint density at radius 3 is 2.26 bits per heavy atom. The van der Waals surface area contributed by atoms with Gasteiger partial charge in [0.2, 0.25) is 5.91 Å². The van der Waals surface area contributed by atoms with E-state index in [9.17, 15) is 22.8 Å². The number of hydrogen-bond acceptors (Lipinski definition) is 4. The second-order valence-corrected chi connectivity index (χ2v) is 9.97. The van der Waals surface area contributed by atoms with Crippen molar-refractivity contribution in [3.63, 3.8) is 0 Å². The molecule has 3 amide bonds. The molecule has 210 valence electrons. The number of likely N-dealkylation sites (tertiary alicyclic amines) is 1. The molecule has 1 saturated heterocycles. The molecule has 1 aliphatic rings. The van der Waals surface area contributed by atoms with Crippen molar-refractivity contribution in [2.24, 2.45) is 10.9 Å². The molecule has 0 bridgehead atoms. The lowest BCUT2D eigenvalue weighted by Gasteiger charge is -2.33. The quantitative estimate of drug-likeness (QED) is 0.369. The van der Waals surface area contributed by atoms with Crippen molar-refractivity contribution < 1.29 is 22.8 Å². The summed E-state index contributed by atoms with van der Waals surface area (Å²) in [4.78, 5) is 31.4. The van der Waals surface area contributed by atoms with Gasteiger partial charge in [0, 0.05) is 61.9 Å². The van der Waals surface area contributed by atoms with Gasteiger partial charge in [-0.05, 0) is 68.5 Å². The largest absolute Gasteiger partial charge is 0.416 e. The minimum Gasteiger partial charge on any atom is -0.343 e. The van der Waals surface area contributed by atoms with Gasteiger partial charge < -0.3 is 15.6 Å². The lowest BCUT2D eigenvalue weighted by atomic mass is 10.0. The van der Waals surface area contributed by atoms with Crippen LogP contribution in [0.1, 0.15) is 52.5 Å². The Morgan fingerprint density at radius 2 is 1.79 bits per heavy atom. The molecule has 2 rings (SSSR count). The van der Waals surface area contributed by atoms with Crippen molar-refractivity contribution in [1.29, 1.82) is 5.41 Å². The monoisotopic (exact) mass is 555 g/mol. The SMILES string of the molecule is CC(C)CC(=O)N1CCC(NC(=O)N(C)c2ccc(C(F)(F)F)cc2)CC1.C\C(Cl)=C/N=C\C=C(/C)C=N. The Hall–Kier alpha value is -3.14. The molecule has 2 N–H and O–H groups in total. The molecular formula is C27H37ClF3N5O2. The van der Waals surface area contributed by atoms with Gasteiger partial charge in [-0.2, -0.15) is 13.2 Å². The molecule has 1 aliphatic heterocycles. The Bertz CT molecular complexity index is 1010. The number of piperidine rings is 1. The summed E-state index contributed by atoms with van der Waals surface area (Å²) in [5, 5.41) is 10.4. The number of carbonyl (C=O) groups excluding carboxylic acids is 2. The van der Waals surface area contributed by atoms with Gasteiger partial charge in [0.05, 0.1) is 5.56 Å². The highest BCUT2D eigenvalue weighted by Crippen LogP contribution is 2.30. The van der Waals surface area contributed by atoms with E-state index in [1.807, 2.05) is 25.7 Å². The summed E-state index contributed by atoms with van der Waals surface area (Å²) in [6.07, 6.45) is 3.61. The van der Waals surface area contributed by atoms with E-state index in [1.54, 1.807) is 25.4 Å². The van der Waals surface area contributed by atoms with E-state index in [0.717, 1.165) is 17.7 Å². The van der Waals surface area contributed by atoms with Crippen LogP contribution in [0.15, 0.2) is 52.1 Å². The van der Waals surface area contributed by atoms with Crippen LogP contribution in [0.2, 0.25) is 0 Å². The maximum atomic E-state index is 12.6. The van der Waals surface area contributed by atoms with Crippen LogP contribution in [0.25, 0.3) is 0 Å². The number of hydrogen-bond donors (Lipinski definition) is 2. The van der Waals surface area contributed by atoms with Gasteiger partial charge >= 0.3 is 12.2 Å². The number of anilines is 1. The van der Waals surface area contributed by atoms with Gasteiger partial charge in [0.15, 0.2) is 0 Å². The molecule has 11 heteroatoms. The number of aliphatic imine (C=N–C) groups is 1. The van der Waals surface area contributed by atoms with Gasteiger partial charge in [0.1, 0.15) is 0 Å². The number of alkyl halides is 3. The average Bonchev–Trinajstić information content (AvgIpc) is 2.85. The van der Waals surface area contributed by atoms with Gasteiger partial charge in [0.25, 0.3) is 0 Å². The van der Waals surface area contributed by atoms with Crippen molar-refractivity contribution in [1.82, 2.24) is 10.2 Å².